The normalized spacial score (nSPS) is 19.1. The maximum Gasteiger partial charge on any atom is 0.105 e. The molecular weight excluding hydrogens is 208 g/mol. The van der Waals surface area contributed by atoms with Crippen LogP contribution in [0.5, 0.6) is 0 Å². The number of fused-ring (bicyclic) bond motifs is 1. The Hall–Kier alpha value is -1.57. The third-order valence-corrected chi connectivity index (χ3v) is 3.92. The van der Waals surface area contributed by atoms with Crippen LogP contribution >= 0.6 is 0 Å². The van der Waals surface area contributed by atoms with Gasteiger partial charge >= 0.3 is 0 Å². The van der Waals surface area contributed by atoms with E-state index in [0.717, 1.165) is 18.8 Å². The lowest BCUT2D eigenvalue weighted by molar-refractivity contribution is 0.455. The highest BCUT2D eigenvalue weighted by atomic mass is 15.1. The zero-order valence-corrected chi connectivity index (χ0v) is 10.5. The van der Waals surface area contributed by atoms with Crippen LogP contribution in [0, 0.1) is 13.8 Å². The van der Waals surface area contributed by atoms with E-state index in [4.69, 9.17) is 0 Å². The van der Waals surface area contributed by atoms with Gasteiger partial charge in [-0.05, 0) is 37.8 Å². The SMILES string of the molecule is Cc1ccccc1C1CCc2cnc(C)n2C1. The molecule has 0 spiro atoms. The zero-order valence-electron chi connectivity index (χ0n) is 10.5. The molecule has 0 N–H and O–H groups in total. The highest BCUT2D eigenvalue weighted by Crippen LogP contribution is 2.31. The van der Waals surface area contributed by atoms with E-state index in [9.17, 15) is 0 Å². The van der Waals surface area contributed by atoms with E-state index in [0.29, 0.717) is 5.92 Å². The molecule has 0 radical (unpaired) electrons. The summed E-state index contributed by atoms with van der Waals surface area (Å²) in [4.78, 5) is 4.41. The van der Waals surface area contributed by atoms with Crippen molar-refractivity contribution in [1.82, 2.24) is 9.55 Å². The zero-order chi connectivity index (χ0) is 11.8. The van der Waals surface area contributed by atoms with Crippen LogP contribution < -0.4 is 0 Å². The number of benzene rings is 1. The maximum absolute atomic E-state index is 4.41. The summed E-state index contributed by atoms with van der Waals surface area (Å²) >= 11 is 0. The van der Waals surface area contributed by atoms with Gasteiger partial charge in [0.1, 0.15) is 5.82 Å². The molecule has 88 valence electrons. The van der Waals surface area contributed by atoms with E-state index < -0.39 is 0 Å². The highest BCUT2D eigenvalue weighted by Gasteiger charge is 2.22. The Bertz CT molecular complexity index is 540. The first-order valence-corrected chi connectivity index (χ1v) is 6.32. The van der Waals surface area contributed by atoms with E-state index in [1.54, 1.807) is 0 Å². The Balaban J connectivity index is 1.94. The Labute approximate surface area is 102 Å². The molecule has 1 aliphatic rings. The lowest BCUT2D eigenvalue weighted by Crippen LogP contribution is -2.19. The Kier molecular flexibility index (Phi) is 2.50. The topological polar surface area (TPSA) is 17.8 Å². The van der Waals surface area contributed by atoms with Gasteiger partial charge in [0, 0.05) is 24.4 Å². The van der Waals surface area contributed by atoms with Gasteiger partial charge in [0.25, 0.3) is 0 Å². The molecular formula is C15H18N2. The quantitative estimate of drug-likeness (QED) is 0.730. The molecule has 17 heavy (non-hydrogen) atoms. The Morgan fingerprint density at radius 2 is 2.06 bits per heavy atom. The predicted octanol–water partition coefficient (Wildman–Crippen LogP) is 3.23. The predicted molar refractivity (Wildman–Crippen MR) is 69.2 cm³/mol. The number of aromatic nitrogens is 2. The number of imidazole rings is 1. The summed E-state index contributed by atoms with van der Waals surface area (Å²) in [6.45, 7) is 5.40. The van der Waals surface area contributed by atoms with Crippen molar-refractivity contribution in [3.8, 4) is 0 Å². The second kappa shape index (κ2) is 4.02. The molecule has 3 rings (SSSR count). The molecule has 0 amide bonds. The van der Waals surface area contributed by atoms with Gasteiger partial charge in [-0.15, -0.1) is 0 Å². The van der Waals surface area contributed by atoms with Gasteiger partial charge in [0.15, 0.2) is 0 Å². The van der Waals surface area contributed by atoms with E-state index >= 15 is 0 Å². The number of aryl methyl sites for hydroxylation is 3. The first-order chi connectivity index (χ1) is 8.25. The standard InChI is InChI=1S/C15H18N2/c1-11-5-3-4-6-15(11)13-7-8-14-9-16-12(2)17(14)10-13/h3-6,9,13H,7-8,10H2,1-2H3. The van der Waals surface area contributed by atoms with Crippen LogP contribution in [0.15, 0.2) is 30.5 Å². The molecule has 0 saturated heterocycles. The molecule has 2 nitrogen and oxygen atoms in total. The first kappa shape index (κ1) is 10.6. The number of hydrogen-bond acceptors (Lipinski definition) is 1. The minimum absolute atomic E-state index is 0.650. The average Bonchev–Trinajstić information content (AvgIpc) is 2.71. The van der Waals surface area contributed by atoms with Gasteiger partial charge in [-0.3, -0.25) is 0 Å². The summed E-state index contributed by atoms with van der Waals surface area (Å²) in [5.41, 5.74) is 4.32. The Morgan fingerprint density at radius 1 is 1.24 bits per heavy atom. The van der Waals surface area contributed by atoms with E-state index in [1.807, 2.05) is 6.20 Å². The minimum atomic E-state index is 0.650. The molecule has 2 heterocycles. The van der Waals surface area contributed by atoms with E-state index in [2.05, 4.69) is 47.7 Å². The van der Waals surface area contributed by atoms with E-state index in [-0.39, 0.29) is 0 Å². The highest BCUT2D eigenvalue weighted by molar-refractivity contribution is 5.30. The molecule has 1 atom stereocenters. The van der Waals surface area contributed by atoms with Crippen LogP contribution in [0.2, 0.25) is 0 Å². The molecule has 0 bridgehead atoms. The average molecular weight is 226 g/mol. The molecule has 0 aliphatic carbocycles. The van der Waals surface area contributed by atoms with Gasteiger partial charge in [0.2, 0.25) is 0 Å². The summed E-state index contributed by atoms with van der Waals surface area (Å²) in [5.74, 6) is 1.80. The smallest absolute Gasteiger partial charge is 0.105 e. The van der Waals surface area contributed by atoms with Crippen LogP contribution in [-0.4, -0.2) is 9.55 Å². The molecule has 1 aromatic heterocycles. The third kappa shape index (κ3) is 1.78. The van der Waals surface area contributed by atoms with Crippen molar-refractivity contribution < 1.29 is 0 Å². The van der Waals surface area contributed by atoms with Gasteiger partial charge in [-0.25, -0.2) is 4.98 Å². The lowest BCUT2D eigenvalue weighted by Gasteiger charge is -2.26. The summed E-state index contributed by atoms with van der Waals surface area (Å²) in [6.07, 6.45) is 4.43. The summed E-state index contributed by atoms with van der Waals surface area (Å²) in [6, 6.07) is 8.76. The maximum atomic E-state index is 4.41. The molecule has 1 aliphatic heterocycles. The first-order valence-electron chi connectivity index (χ1n) is 6.32. The largest absolute Gasteiger partial charge is 0.332 e. The van der Waals surface area contributed by atoms with Crippen molar-refractivity contribution in [2.45, 2.75) is 39.2 Å². The summed E-state index contributed by atoms with van der Waals surface area (Å²) < 4.78 is 2.38. The lowest BCUT2D eigenvalue weighted by atomic mass is 9.88. The second-order valence-electron chi connectivity index (χ2n) is 5.00. The van der Waals surface area contributed by atoms with Crippen LogP contribution in [0.3, 0.4) is 0 Å². The van der Waals surface area contributed by atoms with Crippen molar-refractivity contribution in [2.24, 2.45) is 0 Å². The molecule has 0 fully saturated rings. The summed E-state index contributed by atoms with van der Waals surface area (Å²) in [5, 5.41) is 0. The molecule has 0 saturated carbocycles. The van der Waals surface area contributed by atoms with Gasteiger partial charge in [-0.2, -0.15) is 0 Å². The molecule has 2 heteroatoms. The van der Waals surface area contributed by atoms with E-state index in [1.165, 1.54) is 23.2 Å². The minimum Gasteiger partial charge on any atom is -0.332 e. The van der Waals surface area contributed by atoms with Crippen molar-refractivity contribution in [1.29, 1.82) is 0 Å². The van der Waals surface area contributed by atoms with Gasteiger partial charge < -0.3 is 4.57 Å². The number of rotatable bonds is 1. The van der Waals surface area contributed by atoms with Crippen molar-refractivity contribution in [2.75, 3.05) is 0 Å². The van der Waals surface area contributed by atoms with Crippen molar-refractivity contribution in [3.05, 3.63) is 53.1 Å². The molecule has 2 aromatic rings. The summed E-state index contributed by atoms with van der Waals surface area (Å²) in [7, 11) is 0. The van der Waals surface area contributed by atoms with Crippen LogP contribution in [0.4, 0.5) is 0 Å². The molecule has 1 unspecified atom stereocenters. The monoisotopic (exact) mass is 226 g/mol. The van der Waals surface area contributed by atoms with Crippen molar-refractivity contribution >= 4 is 0 Å². The van der Waals surface area contributed by atoms with Crippen molar-refractivity contribution in [3.63, 3.8) is 0 Å². The third-order valence-electron chi connectivity index (χ3n) is 3.92. The fourth-order valence-electron chi connectivity index (χ4n) is 2.90. The fraction of sp³-hybridized carbons (Fsp3) is 0.400. The number of hydrogen-bond donors (Lipinski definition) is 0. The fourth-order valence-corrected chi connectivity index (χ4v) is 2.90. The van der Waals surface area contributed by atoms with Crippen LogP contribution in [0.1, 0.15) is 35.0 Å². The number of nitrogens with zero attached hydrogens (tertiary/aromatic N) is 2. The van der Waals surface area contributed by atoms with Gasteiger partial charge in [-0.1, -0.05) is 24.3 Å². The van der Waals surface area contributed by atoms with Gasteiger partial charge in [0.05, 0.1) is 0 Å². The van der Waals surface area contributed by atoms with Crippen LogP contribution in [-0.2, 0) is 13.0 Å². The second-order valence-corrected chi connectivity index (χ2v) is 5.00. The Morgan fingerprint density at radius 3 is 2.88 bits per heavy atom. The van der Waals surface area contributed by atoms with Crippen LogP contribution in [0.25, 0.3) is 0 Å². The molecule has 1 aromatic carbocycles.